The molecule has 96 valence electrons. The lowest BCUT2D eigenvalue weighted by Crippen LogP contribution is -2.28. The van der Waals surface area contributed by atoms with E-state index in [4.69, 9.17) is 15.1 Å². The van der Waals surface area contributed by atoms with Gasteiger partial charge in [-0.3, -0.25) is 10.1 Å². The number of hydrogen-bond acceptors (Lipinski definition) is 6. The minimum atomic E-state index is -0.617. The Labute approximate surface area is 104 Å². The van der Waals surface area contributed by atoms with E-state index in [1.54, 1.807) is 12.1 Å². The molecule has 1 aromatic carbocycles. The molecule has 7 nitrogen and oxygen atoms in total. The van der Waals surface area contributed by atoms with Gasteiger partial charge < -0.3 is 15.2 Å². The minimum absolute atomic E-state index is 0.00200. The number of aliphatic hydroxyl groups is 1. The molecule has 0 spiro atoms. The van der Waals surface area contributed by atoms with Crippen LogP contribution in [-0.2, 0) is 4.74 Å². The lowest BCUT2D eigenvalue weighted by atomic mass is 10.1. The van der Waals surface area contributed by atoms with Gasteiger partial charge >= 0.3 is 0 Å². The third-order valence-electron chi connectivity index (χ3n) is 2.27. The number of nitrogens with zero attached hydrogens (tertiary/aromatic N) is 2. The molecular formula is C11H13N3O4. The van der Waals surface area contributed by atoms with E-state index in [9.17, 15) is 10.1 Å². The number of nitro groups is 1. The first-order valence-electron chi connectivity index (χ1n) is 5.17. The molecule has 0 amide bonds. The summed E-state index contributed by atoms with van der Waals surface area (Å²) < 4.78 is 4.88. The molecule has 0 bridgehead atoms. The fourth-order valence-corrected chi connectivity index (χ4v) is 1.44. The molecule has 18 heavy (non-hydrogen) atoms. The van der Waals surface area contributed by atoms with Crippen molar-refractivity contribution < 1.29 is 14.8 Å². The van der Waals surface area contributed by atoms with Crippen molar-refractivity contribution in [3.05, 3.63) is 33.9 Å². The van der Waals surface area contributed by atoms with E-state index >= 15 is 0 Å². The van der Waals surface area contributed by atoms with Gasteiger partial charge in [0.1, 0.15) is 11.6 Å². The van der Waals surface area contributed by atoms with Gasteiger partial charge in [0.2, 0.25) is 0 Å². The molecule has 1 unspecified atom stereocenters. The molecule has 7 heteroatoms. The summed E-state index contributed by atoms with van der Waals surface area (Å²) in [5, 5.41) is 31.5. The number of nitrogens with one attached hydrogen (secondary N) is 1. The molecule has 0 saturated heterocycles. The predicted molar refractivity (Wildman–Crippen MR) is 64.2 cm³/mol. The van der Waals surface area contributed by atoms with E-state index in [1.807, 2.05) is 0 Å². The van der Waals surface area contributed by atoms with Crippen molar-refractivity contribution in [3.63, 3.8) is 0 Å². The zero-order valence-corrected chi connectivity index (χ0v) is 9.79. The summed E-state index contributed by atoms with van der Waals surface area (Å²) in [6.45, 7) is 0.103. The quantitative estimate of drug-likeness (QED) is 0.574. The second-order valence-corrected chi connectivity index (χ2v) is 3.58. The van der Waals surface area contributed by atoms with Crippen LogP contribution in [0.2, 0.25) is 0 Å². The number of nitriles is 1. The maximum atomic E-state index is 10.8. The summed E-state index contributed by atoms with van der Waals surface area (Å²) in [6.07, 6.45) is 0. The van der Waals surface area contributed by atoms with Gasteiger partial charge in [0.25, 0.3) is 5.69 Å². The van der Waals surface area contributed by atoms with Crippen LogP contribution in [0.5, 0.6) is 0 Å². The zero-order valence-electron chi connectivity index (χ0n) is 9.79. The van der Waals surface area contributed by atoms with E-state index in [-0.39, 0.29) is 30.5 Å². The second-order valence-electron chi connectivity index (χ2n) is 3.58. The number of hydrogen-bond donors (Lipinski definition) is 2. The first-order valence-corrected chi connectivity index (χ1v) is 5.17. The Bertz CT molecular complexity index is 470. The molecule has 0 heterocycles. The van der Waals surface area contributed by atoms with Crippen molar-refractivity contribution in [1.82, 2.24) is 0 Å². The smallest absolute Gasteiger partial charge is 0.289 e. The second kappa shape index (κ2) is 6.54. The van der Waals surface area contributed by atoms with Crippen LogP contribution in [0.25, 0.3) is 0 Å². The Morgan fingerprint density at radius 2 is 2.39 bits per heavy atom. The van der Waals surface area contributed by atoms with E-state index < -0.39 is 4.92 Å². The van der Waals surface area contributed by atoms with E-state index in [0.717, 1.165) is 0 Å². The van der Waals surface area contributed by atoms with Crippen molar-refractivity contribution in [2.75, 3.05) is 25.6 Å². The summed E-state index contributed by atoms with van der Waals surface area (Å²) in [7, 11) is 1.49. The van der Waals surface area contributed by atoms with Crippen molar-refractivity contribution in [1.29, 1.82) is 5.26 Å². The molecule has 0 saturated carbocycles. The first-order chi connectivity index (χ1) is 8.62. The molecular weight excluding hydrogens is 238 g/mol. The fourth-order valence-electron chi connectivity index (χ4n) is 1.44. The zero-order chi connectivity index (χ0) is 13.5. The summed E-state index contributed by atoms with van der Waals surface area (Å²) in [5.41, 5.74) is 0.186. The third-order valence-corrected chi connectivity index (χ3v) is 2.27. The number of aliphatic hydroxyl groups excluding tert-OH is 1. The molecule has 0 radical (unpaired) electrons. The van der Waals surface area contributed by atoms with Crippen LogP contribution in [0.15, 0.2) is 18.2 Å². The van der Waals surface area contributed by atoms with Gasteiger partial charge in [-0.2, -0.15) is 5.26 Å². The topological polar surface area (TPSA) is 108 Å². The number of ether oxygens (including phenoxy) is 1. The molecule has 1 atom stereocenters. The van der Waals surface area contributed by atoms with Crippen molar-refractivity contribution >= 4 is 11.4 Å². The average molecular weight is 251 g/mol. The van der Waals surface area contributed by atoms with E-state index in [2.05, 4.69) is 5.32 Å². The summed E-state index contributed by atoms with van der Waals surface area (Å²) in [5.74, 6) is 0. The number of rotatable bonds is 6. The SMILES string of the molecule is COCC(CO)Nc1ccc(C#N)c([N+](=O)[O-])c1. The lowest BCUT2D eigenvalue weighted by molar-refractivity contribution is -0.385. The molecule has 0 fully saturated rings. The summed E-state index contributed by atoms with van der Waals surface area (Å²) in [4.78, 5) is 10.1. The van der Waals surface area contributed by atoms with Crippen LogP contribution in [0.1, 0.15) is 5.56 Å². The van der Waals surface area contributed by atoms with Gasteiger partial charge in [0, 0.05) is 18.9 Å². The number of anilines is 1. The highest BCUT2D eigenvalue weighted by Crippen LogP contribution is 2.22. The maximum Gasteiger partial charge on any atom is 0.289 e. The van der Waals surface area contributed by atoms with Crippen molar-refractivity contribution in [2.45, 2.75) is 6.04 Å². The van der Waals surface area contributed by atoms with E-state index in [1.165, 1.54) is 19.2 Å². The maximum absolute atomic E-state index is 10.8. The Kier molecular flexibility index (Phi) is 5.05. The highest BCUT2D eigenvalue weighted by molar-refractivity contribution is 5.59. The molecule has 1 aromatic rings. The van der Waals surface area contributed by atoms with Gasteiger partial charge in [0.15, 0.2) is 0 Å². The highest BCUT2D eigenvalue weighted by Gasteiger charge is 2.15. The van der Waals surface area contributed by atoms with Crippen molar-refractivity contribution in [2.24, 2.45) is 0 Å². The number of nitro benzene ring substituents is 1. The lowest BCUT2D eigenvalue weighted by Gasteiger charge is -2.16. The molecule has 0 aliphatic heterocycles. The standard InChI is InChI=1S/C11H13N3O4/c1-18-7-10(6-15)13-9-3-2-8(5-12)11(4-9)14(16)17/h2-4,10,13,15H,6-7H2,1H3. The monoisotopic (exact) mass is 251 g/mol. The highest BCUT2D eigenvalue weighted by atomic mass is 16.6. The van der Waals surface area contributed by atoms with Crippen LogP contribution in [0.3, 0.4) is 0 Å². The van der Waals surface area contributed by atoms with Gasteiger partial charge in [-0.25, -0.2) is 0 Å². The molecule has 0 aliphatic rings. The molecule has 2 N–H and O–H groups in total. The van der Waals surface area contributed by atoms with Crippen molar-refractivity contribution in [3.8, 4) is 6.07 Å². The Morgan fingerprint density at radius 3 is 2.89 bits per heavy atom. The van der Waals surface area contributed by atoms with Crippen LogP contribution < -0.4 is 5.32 Å². The Morgan fingerprint density at radius 1 is 1.67 bits per heavy atom. The van der Waals surface area contributed by atoms with Crippen LogP contribution in [-0.4, -0.2) is 36.4 Å². The minimum Gasteiger partial charge on any atom is -0.394 e. The average Bonchev–Trinajstić information content (AvgIpc) is 2.38. The van der Waals surface area contributed by atoms with E-state index in [0.29, 0.717) is 5.69 Å². The van der Waals surface area contributed by atoms with Crippen LogP contribution >= 0.6 is 0 Å². The third kappa shape index (κ3) is 3.41. The number of benzene rings is 1. The van der Waals surface area contributed by atoms with Gasteiger partial charge in [-0.1, -0.05) is 0 Å². The van der Waals surface area contributed by atoms with Crippen LogP contribution in [0.4, 0.5) is 11.4 Å². The normalized spacial score (nSPS) is 11.6. The molecule has 1 rings (SSSR count). The largest absolute Gasteiger partial charge is 0.394 e. The van der Waals surface area contributed by atoms with Gasteiger partial charge in [-0.15, -0.1) is 0 Å². The van der Waals surface area contributed by atoms with Gasteiger partial charge in [0.05, 0.1) is 24.2 Å². The number of methoxy groups -OCH3 is 1. The summed E-state index contributed by atoms with van der Waals surface area (Å²) >= 11 is 0. The fraction of sp³-hybridized carbons (Fsp3) is 0.364. The Hall–Kier alpha value is -2.17. The van der Waals surface area contributed by atoms with Gasteiger partial charge in [-0.05, 0) is 12.1 Å². The Balaban J connectivity index is 2.95. The first kappa shape index (κ1) is 13.9. The molecule has 0 aliphatic carbocycles. The summed E-state index contributed by atoms with van der Waals surface area (Å²) in [6, 6.07) is 5.56. The predicted octanol–water partition coefficient (Wildman–Crippen LogP) is 0.886. The molecule has 0 aromatic heterocycles. The van der Waals surface area contributed by atoms with Crippen LogP contribution in [0, 0.1) is 21.4 Å².